The predicted molar refractivity (Wildman–Crippen MR) is 70.0 cm³/mol. The number of amides is 1. The summed E-state index contributed by atoms with van der Waals surface area (Å²) in [6, 6.07) is 0. The highest BCUT2D eigenvalue weighted by molar-refractivity contribution is 5.75. The molecule has 0 aliphatic heterocycles. The first-order valence-electron chi connectivity index (χ1n) is 5.98. The highest BCUT2D eigenvalue weighted by Crippen LogP contribution is 2.02. The molecule has 0 saturated carbocycles. The number of rotatable bonds is 4. The Hall–Kier alpha value is -2.42. The zero-order chi connectivity index (χ0) is 14.9. The SMILES string of the molecule is CCONC(=O)Cn1c(=O)c2c(ncn2C)n(C)c1=O. The molecule has 0 fully saturated rings. The number of hydrogen-bond donors (Lipinski definition) is 1. The van der Waals surface area contributed by atoms with Gasteiger partial charge in [-0.2, -0.15) is 0 Å². The fourth-order valence-electron chi connectivity index (χ4n) is 1.86. The largest absolute Gasteiger partial charge is 0.332 e. The average molecular weight is 281 g/mol. The molecule has 1 amide bonds. The van der Waals surface area contributed by atoms with Crippen molar-refractivity contribution in [3.05, 3.63) is 27.2 Å². The maximum absolute atomic E-state index is 12.3. The molecule has 2 heterocycles. The Morgan fingerprint density at radius 3 is 2.75 bits per heavy atom. The van der Waals surface area contributed by atoms with E-state index in [2.05, 4.69) is 10.5 Å². The third-order valence-electron chi connectivity index (χ3n) is 2.83. The number of nitrogens with one attached hydrogen (secondary N) is 1. The predicted octanol–water partition coefficient (Wildman–Crippen LogP) is -1.50. The summed E-state index contributed by atoms with van der Waals surface area (Å²) in [6.45, 7) is 1.58. The van der Waals surface area contributed by atoms with Crippen LogP contribution in [0.2, 0.25) is 0 Å². The van der Waals surface area contributed by atoms with Crippen molar-refractivity contribution in [3.63, 3.8) is 0 Å². The van der Waals surface area contributed by atoms with Gasteiger partial charge in [0.2, 0.25) is 0 Å². The summed E-state index contributed by atoms with van der Waals surface area (Å²) in [5, 5.41) is 0. The minimum Gasteiger partial charge on any atom is -0.328 e. The third-order valence-corrected chi connectivity index (χ3v) is 2.83. The lowest BCUT2D eigenvalue weighted by Gasteiger charge is -2.08. The number of aromatic nitrogens is 4. The van der Waals surface area contributed by atoms with Gasteiger partial charge < -0.3 is 4.57 Å². The van der Waals surface area contributed by atoms with E-state index in [0.29, 0.717) is 6.61 Å². The van der Waals surface area contributed by atoms with Crippen LogP contribution in [0.1, 0.15) is 6.92 Å². The molecule has 0 unspecified atom stereocenters. The Labute approximate surface area is 113 Å². The van der Waals surface area contributed by atoms with E-state index >= 15 is 0 Å². The highest BCUT2D eigenvalue weighted by Gasteiger charge is 2.16. The average Bonchev–Trinajstić information content (AvgIpc) is 2.81. The first-order chi connectivity index (χ1) is 9.47. The number of nitrogens with zero attached hydrogens (tertiary/aromatic N) is 4. The smallest absolute Gasteiger partial charge is 0.328 e. The van der Waals surface area contributed by atoms with Crippen LogP contribution in [-0.2, 0) is 30.3 Å². The molecule has 9 nitrogen and oxygen atoms in total. The monoisotopic (exact) mass is 281 g/mol. The van der Waals surface area contributed by atoms with Crippen LogP contribution in [0.3, 0.4) is 0 Å². The normalized spacial score (nSPS) is 10.9. The molecule has 1 N–H and O–H groups in total. The van der Waals surface area contributed by atoms with Gasteiger partial charge in [0.15, 0.2) is 11.2 Å². The van der Waals surface area contributed by atoms with Gasteiger partial charge in [0, 0.05) is 14.1 Å². The van der Waals surface area contributed by atoms with E-state index in [1.54, 1.807) is 14.0 Å². The molecule has 20 heavy (non-hydrogen) atoms. The van der Waals surface area contributed by atoms with Crippen LogP contribution in [0.5, 0.6) is 0 Å². The molecule has 0 aliphatic carbocycles. The maximum Gasteiger partial charge on any atom is 0.332 e. The summed E-state index contributed by atoms with van der Waals surface area (Å²) in [4.78, 5) is 44.6. The molecule has 0 saturated heterocycles. The zero-order valence-electron chi connectivity index (χ0n) is 11.4. The van der Waals surface area contributed by atoms with E-state index in [-0.39, 0.29) is 11.2 Å². The first-order valence-corrected chi connectivity index (χ1v) is 5.98. The molecule has 0 atom stereocenters. The third kappa shape index (κ3) is 2.23. The first kappa shape index (κ1) is 14.0. The molecular formula is C11H15N5O4. The van der Waals surface area contributed by atoms with Gasteiger partial charge in [-0.05, 0) is 6.92 Å². The number of carbonyl (C=O) groups is 1. The van der Waals surface area contributed by atoms with E-state index in [9.17, 15) is 14.4 Å². The Bertz CT molecular complexity index is 769. The Morgan fingerprint density at radius 1 is 1.40 bits per heavy atom. The van der Waals surface area contributed by atoms with Crippen LogP contribution in [-0.4, -0.2) is 31.2 Å². The molecule has 0 radical (unpaired) electrons. The van der Waals surface area contributed by atoms with Gasteiger partial charge in [0.1, 0.15) is 6.54 Å². The van der Waals surface area contributed by atoms with Crippen molar-refractivity contribution in [1.82, 2.24) is 24.2 Å². The van der Waals surface area contributed by atoms with Gasteiger partial charge in [-0.3, -0.25) is 19.0 Å². The lowest BCUT2D eigenvalue weighted by atomic mass is 10.4. The summed E-state index contributed by atoms with van der Waals surface area (Å²) in [6.07, 6.45) is 1.44. The molecule has 108 valence electrons. The van der Waals surface area contributed by atoms with Crippen LogP contribution in [0.25, 0.3) is 11.2 Å². The van der Waals surface area contributed by atoms with Crippen LogP contribution >= 0.6 is 0 Å². The zero-order valence-corrected chi connectivity index (χ0v) is 11.4. The molecule has 2 rings (SSSR count). The minimum absolute atomic E-state index is 0.260. The summed E-state index contributed by atoms with van der Waals surface area (Å²) < 4.78 is 3.58. The standard InChI is InChI=1S/C11H15N5O4/c1-4-20-13-7(17)5-16-10(18)8-9(12-6-14(8)2)15(3)11(16)19/h6H,4-5H2,1-3H3,(H,13,17). The van der Waals surface area contributed by atoms with Crippen molar-refractivity contribution >= 4 is 17.1 Å². The molecule has 0 aromatic carbocycles. The molecule has 0 spiro atoms. The van der Waals surface area contributed by atoms with Crippen molar-refractivity contribution in [2.24, 2.45) is 14.1 Å². The number of carbonyl (C=O) groups excluding carboxylic acids is 1. The minimum atomic E-state index is -0.604. The van der Waals surface area contributed by atoms with Crippen LogP contribution in [0.15, 0.2) is 15.9 Å². The number of imidazole rings is 1. The fourth-order valence-corrected chi connectivity index (χ4v) is 1.86. The highest BCUT2D eigenvalue weighted by atomic mass is 16.6. The van der Waals surface area contributed by atoms with Gasteiger partial charge in [0.25, 0.3) is 11.5 Å². The topological polar surface area (TPSA) is 100 Å². The second kappa shape index (κ2) is 5.29. The molecule has 0 bridgehead atoms. The molecule has 2 aromatic rings. The fraction of sp³-hybridized carbons (Fsp3) is 0.455. The Morgan fingerprint density at radius 2 is 2.10 bits per heavy atom. The van der Waals surface area contributed by atoms with E-state index in [1.165, 1.54) is 22.5 Å². The van der Waals surface area contributed by atoms with E-state index in [0.717, 1.165) is 4.57 Å². The summed E-state index contributed by atoms with van der Waals surface area (Å²) >= 11 is 0. The number of hydrogen-bond acceptors (Lipinski definition) is 5. The van der Waals surface area contributed by atoms with Gasteiger partial charge in [0.05, 0.1) is 12.9 Å². The maximum atomic E-state index is 12.3. The summed E-state index contributed by atoms with van der Waals surface area (Å²) in [5.41, 5.74) is 1.52. The second-order valence-electron chi connectivity index (χ2n) is 4.22. The molecule has 0 aliphatic rings. The van der Waals surface area contributed by atoms with Crippen LogP contribution < -0.4 is 16.7 Å². The Balaban J connectivity index is 2.54. The summed E-state index contributed by atoms with van der Waals surface area (Å²) in [7, 11) is 3.14. The van der Waals surface area contributed by atoms with Crippen molar-refractivity contribution in [2.45, 2.75) is 13.5 Å². The molecular weight excluding hydrogens is 266 g/mol. The van der Waals surface area contributed by atoms with E-state index in [1.807, 2.05) is 0 Å². The van der Waals surface area contributed by atoms with Gasteiger partial charge in [-0.15, -0.1) is 0 Å². The Kier molecular flexibility index (Phi) is 3.70. The lowest BCUT2D eigenvalue weighted by Crippen LogP contribution is -2.43. The summed E-state index contributed by atoms with van der Waals surface area (Å²) in [5.74, 6) is -0.576. The van der Waals surface area contributed by atoms with Crippen LogP contribution in [0.4, 0.5) is 0 Å². The molecule has 2 aromatic heterocycles. The van der Waals surface area contributed by atoms with Crippen LogP contribution in [0, 0.1) is 0 Å². The lowest BCUT2D eigenvalue weighted by molar-refractivity contribution is -0.133. The second-order valence-corrected chi connectivity index (χ2v) is 4.22. The van der Waals surface area contributed by atoms with Crippen molar-refractivity contribution in [2.75, 3.05) is 6.61 Å². The van der Waals surface area contributed by atoms with Crippen molar-refractivity contribution in [1.29, 1.82) is 0 Å². The number of fused-ring (bicyclic) bond motifs is 1. The molecule has 9 heteroatoms. The van der Waals surface area contributed by atoms with Crippen molar-refractivity contribution < 1.29 is 9.63 Å². The number of hydroxylamine groups is 1. The van der Waals surface area contributed by atoms with Gasteiger partial charge >= 0.3 is 5.69 Å². The van der Waals surface area contributed by atoms with Gasteiger partial charge in [-0.1, -0.05) is 0 Å². The van der Waals surface area contributed by atoms with Gasteiger partial charge in [-0.25, -0.2) is 19.8 Å². The quantitative estimate of drug-likeness (QED) is 0.688. The number of aryl methyl sites for hydroxylation is 2. The van der Waals surface area contributed by atoms with E-state index in [4.69, 9.17) is 4.84 Å². The van der Waals surface area contributed by atoms with Crippen molar-refractivity contribution in [3.8, 4) is 0 Å². The van der Waals surface area contributed by atoms with E-state index < -0.39 is 23.7 Å².